The van der Waals surface area contributed by atoms with E-state index in [4.69, 9.17) is 17.3 Å². The largest absolute Gasteiger partial charge is 0.398 e. The highest BCUT2D eigenvalue weighted by Crippen LogP contribution is 2.36. The van der Waals surface area contributed by atoms with Crippen molar-refractivity contribution in [1.82, 2.24) is 0 Å². The van der Waals surface area contributed by atoms with Crippen LogP contribution in [0.1, 0.15) is 25.6 Å². The summed E-state index contributed by atoms with van der Waals surface area (Å²) in [6, 6.07) is 10.1. The van der Waals surface area contributed by atoms with Crippen LogP contribution >= 0.6 is 22.9 Å². The SMILES string of the molecule is CC(C)(C)c1ccc(-c2ccc(Cl)c(N)c2)s1. The van der Waals surface area contributed by atoms with Crippen LogP contribution in [-0.2, 0) is 5.41 Å². The van der Waals surface area contributed by atoms with Crippen LogP contribution in [0.4, 0.5) is 5.69 Å². The van der Waals surface area contributed by atoms with Gasteiger partial charge in [0.2, 0.25) is 0 Å². The van der Waals surface area contributed by atoms with Gasteiger partial charge in [-0.15, -0.1) is 11.3 Å². The van der Waals surface area contributed by atoms with Crippen LogP contribution in [-0.4, -0.2) is 0 Å². The maximum Gasteiger partial charge on any atom is 0.0635 e. The number of benzene rings is 1. The van der Waals surface area contributed by atoms with E-state index in [0.717, 1.165) is 5.56 Å². The second-order valence-corrected chi connectivity index (χ2v) is 6.64. The number of halogens is 1. The minimum absolute atomic E-state index is 0.195. The van der Waals surface area contributed by atoms with Crippen LogP contribution in [0.25, 0.3) is 10.4 Å². The summed E-state index contributed by atoms with van der Waals surface area (Å²) < 4.78 is 0. The van der Waals surface area contributed by atoms with Crippen molar-refractivity contribution < 1.29 is 0 Å². The molecule has 2 aromatic rings. The fourth-order valence-corrected chi connectivity index (χ4v) is 2.77. The highest BCUT2D eigenvalue weighted by Gasteiger charge is 2.16. The average Bonchev–Trinajstić information content (AvgIpc) is 2.70. The molecule has 1 nitrogen and oxygen atoms in total. The van der Waals surface area contributed by atoms with Gasteiger partial charge in [-0.05, 0) is 35.2 Å². The quantitative estimate of drug-likeness (QED) is 0.726. The highest BCUT2D eigenvalue weighted by molar-refractivity contribution is 7.15. The Hall–Kier alpha value is -0.990. The van der Waals surface area contributed by atoms with Gasteiger partial charge in [-0.1, -0.05) is 38.4 Å². The molecule has 1 aromatic heterocycles. The predicted molar refractivity (Wildman–Crippen MR) is 77.9 cm³/mol. The lowest BCUT2D eigenvalue weighted by Gasteiger charge is -2.15. The fourth-order valence-electron chi connectivity index (χ4n) is 1.59. The van der Waals surface area contributed by atoms with Gasteiger partial charge in [0.05, 0.1) is 10.7 Å². The van der Waals surface area contributed by atoms with Gasteiger partial charge in [0, 0.05) is 9.75 Å². The Morgan fingerprint density at radius 1 is 1.12 bits per heavy atom. The van der Waals surface area contributed by atoms with E-state index < -0.39 is 0 Å². The summed E-state index contributed by atoms with van der Waals surface area (Å²) >= 11 is 7.73. The molecule has 0 fully saturated rings. The normalized spacial score (nSPS) is 11.8. The molecule has 0 saturated heterocycles. The lowest BCUT2D eigenvalue weighted by molar-refractivity contribution is 0.604. The van der Waals surface area contributed by atoms with Crippen LogP contribution in [0.5, 0.6) is 0 Å². The Morgan fingerprint density at radius 3 is 2.35 bits per heavy atom. The van der Waals surface area contributed by atoms with Gasteiger partial charge < -0.3 is 5.73 Å². The zero-order chi connectivity index (χ0) is 12.6. The summed E-state index contributed by atoms with van der Waals surface area (Å²) in [5.41, 5.74) is 7.78. The summed E-state index contributed by atoms with van der Waals surface area (Å²) in [5.74, 6) is 0. The minimum Gasteiger partial charge on any atom is -0.398 e. The van der Waals surface area contributed by atoms with Crippen molar-refractivity contribution >= 4 is 28.6 Å². The molecule has 2 rings (SSSR count). The molecule has 1 heterocycles. The maximum atomic E-state index is 5.92. The van der Waals surface area contributed by atoms with E-state index in [9.17, 15) is 0 Å². The summed E-state index contributed by atoms with van der Waals surface area (Å²) in [4.78, 5) is 2.61. The Morgan fingerprint density at radius 2 is 1.82 bits per heavy atom. The molecular formula is C14H16ClNS. The predicted octanol–water partition coefficient (Wildman–Crippen LogP) is 4.95. The second-order valence-electron chi connectivity index (χ2n) is 5.15. The molecule has 1 aromatic carbocycles. The van der Waals surface area contributed by atoms with Crippen molar-refractivity contribution in [3.63, 3.8) is 0 Å². The highest BCUT2D eigenvalue weighted by atomic mass is 35.5. The first-order chi connectivity index (χ1) is 7.88. The van der Waals surface area contributed by atoms with Gasteiger partial charge in [-0.25, -0.2) is 0 Å². The van der Waals surface area contributed by atoms with Crippen LogP contribution in [0.2, 0.25) is 5.02 Å². The zero-order valence-electron chi connectivity index (χ0n) is 10.3. The Kier molecular flexibility index (Phi) is 3.19. The number of rotatable bonds is 1. The van der Waals surface area contributed by atoms with Crippen LogP contribution < -0.4 is 5.73 Å². The molecule has 0 aliphatic carbocycles. The number of hydrogen-bond acceptors (Lipinski definition) is 2. The number of anilines is 1. The van der Waals surface area contributed by atoms with E-state index in [1.165, 1.54) is 9.75 Å². The topological polar surface area (TPSA) is 26.0 Å². The summed E-state index contributed by atoms with van der Waals surface area (Å²) in [6.07, 6.45) is 0. The van der Waals surface area contributed by atoms with Crippen molar-refractivity contribution in [3.05, 3.63) is 40.2 Å². The Labute approximate surface area is 111 Å². The molecule has 2 N–H and O–H groups in total. The molecule has 17 heavy (non-hydrogen) atoms. The van der Waals surface area contributed by atoms with E-state index >= 15 is 0 Å². The summed E-state index contributed by atoms with van der Waals surface area (Å²) in [6.45, 7) is 6.66. The molecule has 0 aliphatic rings. The van der Waals surface area contributed by atoms with Crippen LogP contribution in [0.3, 0.4) is 0 Å². The molecule has 0 radical (unpaired) electrons. The van der Waals surface area contributed by atoms with Gasteiger partial charge in [0.15, 0.2) is 0 Å². The first-order valence-electron chi connectivity index (χ1n) is 5.53. The number of hydrogen-bond donors (Lipinski definition) is 1. The fraction of sp³-hybridized carbons (Fsp3) is 0.286. The van der Waals surface area contributed by atoms with Crippen molar-refractivity contribution in [2.45, 2.75) is 26.2 Å². The smallest absolute Gasteiger partial charge is 0.0635 e. The third kappa shape index (κ3) is 2.64. The van der Waals surface area contributed by atoms with Crippen molar-refractivity contribution in [1.29, 1.82) is 0 Å². The molecule has 0 atom stereocenters. The molecule has 0 bridgehead atoms. The second kappa shape index (κ2) is 4.35. The molecule has 3 heteroatoms. The monoisotopic (exact) mass is 265 g/mol. The number of thiophene rings is 1. The first kappa shape index (κ1) is 12.5. The molecule has 0 amide bonds. The van der Waals surface area contributed by atoms with Gasteiger partial charge >= 0.3 is 0 Å². The van der Waals surface area contributed by atoms with Gasteiger partial charge in [-0.2, -0.15) is 0 Å². The van der Waals surface area contributed by atoms with E-state index in [-0.39, 0.29) is 5.41 Å². The summed E-state index contributed by atoms with van der Waals surface area (Å²) in [7, 11) is 0. The van der Waals surface area contributed by atoms with Crippen LogP contribution in [0.15, 0.2) is 30.3 Å². The van der Waals surface area contributed by atoms with E-state index in [2.05, 4.69) is 32.9 Å². The Balaban J connectivity index is 2.40. The van der Waals surface area contributed by atoms with Gasteiger partial charge in [0.25, 0.3) is 0 Å². The van der Waals surface area contributed by atoms with E-state index in [0.29, 0.717) is 10.7 Å². The van der Waals surface area contributed by atoms with E-state index in [1.807, 2.05) is 29.5 Å². The standard InChI is InChI=1S/C14H16ClNS/c1-14(2,3)13-7-6-12(17-13)9-4-5-10(15)11(16)8-9/h4-8H,16H2,1-3H3. The van der Waals surface area contributed by atoms with Crippen LogP contribution in [0, 0.1) is 0 Å². The maximum absolute atomic E-state index is 5.92. The molecular weight excluding hydrogens is 250 g/mol. The molecule has 90 valence electrons. The van der Waals surface area contributed by atoms with Crippen molar-refractivity contribution in [2.24, 2.45) is 0 Å². The number of nitrogen functional groups attached to an aromatic ring is 1. The minimum atomic E-state index is 0.195. The lowest BCUT2D eigenvalue weighted by Crippen LogP contribution is -2.07. The average molecular weight is 266 g/mol. The number of nitrogens with two attached hydrogens (primary N) is 1. The molecule has 0 aliphatic heterocycles. The Bertz CT molecular complexity index is 537. The molecule has 0 spiro atoms. The van der Waals surface area contributed by atoms with Crippen molar-refractivity contribution in [3.8, 4) is 10.4 Å². The third-order valence-electron chi connectivity index (χ3n) is 2.63. The third-order valence-corrected chi connectivity index (χ3v) is 4.53. The zero-order valence-corrected chi connectivity index (χ0v) is 11.8. The summed E-state index contributed by atoms with van der Waals surface area (Å²) in [5, 5.41) is 0.612. The lowest BCUT2D eigenvalue weighted by atomic mass is 9.95. The first-order valence-corrected chi connectivity index (χ1v) is 6.73. The van der Waals surface area contributed by atoms with E-state index in [1.54, 1.807) is 0 Å². The van der Waals surface area contributed by atoms with Gasteiger partial charge in [-0.3, -0.25) is 0 Å². The van der Waals surface area contributed by atoms with Gasteiger partial charge in [0.1, 0.15) is 0 Å². The van der Waals surface area contributed by atoms with Crippen molar-refractivity contribution in [2.75, 3.05) is 5.73 Å². The molecule has 0 saturated carbocycles. The molecule has 0 unspecified atom stereocenters.